The smallest absolute Gasteiger partial charge is 0.335 e. The Bertz CT molecular complexity index is 199. The molecule has 3 nitrogen and oxygen atoms in total. The summed E-state index contributed by atoms with van der Waals surface area (Å²) < 4.78 is 4.89. The molecule has 0 aliphatic rings. The van der Waals surface area contributed by atoms with Gasteiger partial charge in [-0.25, -0.2) is 4.79 Å². The van der Waals surface area contributed by atoms with E-state index in [4.69, 9.17) is 4.74 Å². The van der Waals surface area contributed by atoms with Gasteiger partial charge in [0.25, 0.3) is 0 Å². The molecule has 0 aromatic rings. The Labute approximate surface area is 86.7 Å². The van der Waals surface area contributed by atoms with Crippen molar-refractivity contribution in [3.63, 3.8) is 0 Å². The molecule has 0 atom stereocenters. The van der Waals surface area contributed by atoms with Crippen molar-refractivity contribution in [2.24, 2.45) is 0 Å². The molecule has 0 saturated heterocycles. The predicted molar refractivity (Wildman–Crippen MR) is 57.9 cm³/mol. The van der Waals surface area contributed by atoms with E-state index in [1.54, 1.807) is 6.92 Å². The normalized spacial score (nSPS) is 11.3. The molecule has 82 valence electrons. The van der Waals surface area contributed by atoms with E-state index in [-0.39, 0.29) is 5.97 Å². The van der Waals surface area contributed by atoms with Crippen molar-refractivity contribution in [2.75, 3.05) is 19.7 Å². The van der Waals surface area contributed by atoms with Crippen LogP contribution in [0.2, 0.25) is 0 Å². The number of rotatable bonds is 6. The summed E-state index contributed by atoms with van der Waals surface area (Å²) in [6, 6.07) is 0. The summed E-state index contributed by atoms with van der Waals surface area (Å²) in [5.74, 6) is -0.220. The average Bonchev–Trinajstić information content (AvgIpc) is 2.17. The van der Waals surface area contributed by atoms with Crippen LogP contribution in [0.1, 0.15) is 34.1 Å². The summed E-state index contributed by atoms with van der Waals surface area (Å²) in [7, 11) is 0. The maximum absolute atomic E-state index is 11.3. The van der Waals surface area contributed by atoms with Gasteiger partial charge in [0.15, 0.2) is 0 Å². The van der Waals surface area contributed by atoms with Crippen molar-refractivity contribution in [1.29, 1.82) is 0 Å². The highest BCUT2D eigenvalue weighted by Gasteiger charge is 2.05. The summed E-state index contributed by atoms with van der Waals surface area (Å²) in [6.45, 7) is 10.1. The Kier molecular flexibility index (Phi) is 6.89. The molecule has 0 bridgehead atoms. The molecular weight excluding hydrogens is 178 g/mol. The minimum atomic E-state index is -0.220. The molecule has 0 aliphatic carbocycles. The van der Waals surface area contributed by atoms with Gasteiger partial charge in [0.1, 0.15) is 0 Å². The van der Waals surface area contributed by atoms with Gasteiger partial charge in [-0.05, 0) is 27.2 Å². The highest BCUT2D eigenvalue weighted by Crippen LogP contribution is 2.01. The lowest BCUT2D eigenvalue weighted by Gasteiger charge is -2.17. The van der Waals surface area contributed by atoms with Crippen molar-refractivity contribution in [3.8, 4) is 0 Å². The number of hydrogen-bond acceptors (Lipinski definition) is 3. The molecule has 0 aliphatic heterocycles. The lowest BCUT2D eigenvalue weighted by molar-refractivity contribution is -0.138. The monoisotopic (exact) mass is 199 g/mol. The first-order valence-corrected chi connectivity index (χ1v) is 5.25. The second-order valence-electron chi connectivity index (χ2n) is 3.16. The van der Waals surface area contributed by atoms with Crippen LogP contribution in [0, 0.1) is 0 Å². The van der Waals surface area contributed by atoms with E-state index in [2.05, 4.69) is 18.7 Å². The molecular formula is C11H21NO2. The van der Waals surface area contributed by atoms with Gasteiger partial charge in [0.2, 0.25) is 0 Å². The molecule has 0 unspecified atom stereocenters. The minimum Gasteiger partial charge on any atom is -0.463 e. The van der Waals surface area contributed by atoms with Gasteiger partial charge >= 0.3 is 5.97 Å². The first-order chi connectivity index (χ1) is 6.65. The Balaban J connectivity index is 4.23. The molecule has 0 fully saturated rings. The third-order valence-electron chi connectivity index (χ3n) is 1.89. The summed E-state index contributed by atoms with van der Waals surface area (Å²) >= 11 is 0. The van der Waals surface area contributed by atoms with E-state index in [0.717, 1.165) is 19.5 Å². The molecule has 0 N–H and O–H groups in total. The summed E-state index contributed by atoms with van der Waals surface area (Å²) in [4.78, 5) is 13.4. The fraction of sp³-hybridized carbons (Fsp3) is 0.727. The zero-order valence-electron chi connectivity index (χ0n) is 9.67. The van der Waals surface area contributed by atoms with Crippen LogP contribution in [0.25, 0.3) is 0 Å². The Morgan fingerprint density at radius 3 is 2.43 bits per heavy atom. The fourth-order valence-electron chi connectivity index (χ4n) is 1.17. The molecule has 0 saturated carbocycles. The Morgan fingerprint density at radius 1 is 1.36 bits per heavy atom. The van der Waals surface area contributed by atoms with E-state index >= 15 is 0 Å². The molecule has 0 radical (unpaired) electrons. The number of hydrogen-bond donors (Lipinski definition) is 0. The van der Waals surface area contributed by atoms with Crippen molar-refractivity contribution in [1.82, 2.24) is 4.90 Å². The van der Waals surface area contributed by atoms with Crippen LogP contribution in [0.4, 0.5) is 0 Å². The Morgan fingerprint density at radius 2 is 2.00 bits per heavy atom. The van der Waals surface area contributed by atoms with Crippen LogP contribution in [0.15, 0.2) is 11.8 Å². The van der Waals surface area contributed by atoms with Crippen LogP contribution >= 0.6 is 0 Å². The van der Waals surface area contributed by atoms with Gasteiger partial charge in [-0.1, -0.05) is 6.92 Å². The van der Waals surface area contributed by atoms with Crippen LogP contribution in [0.5, 0.6) is 0 Å². The number of carbonyl (C=O) groups is 1. The molecule has 0 rings (SSSR count). The van der Waals surface area contributed by atoms with E-state index < -0.39 is 0 Å². The summed E-state index contributed by atoms with van der Waals surface area (Å²) in [5.41, 5.74) is 0.669. The van der Waals surface area contributed by atoms with Crippen molar-refractivity contribution in [2.45, 2.75) is 34.1 Å². The SMILES string of the molecule is CCCN(C=C(C)C(=O)OCC)CC. The van der Waals surface area contributed by atoms with E-state index in [9.17, 15) is 4.79 Å². The third kappa shape index (κ3) is 4.90. The maximum Gasteiger partial charge on any atom is 0.335 e. The van der Waals surface area contributed by atoms with Crippen molar-refractivity contribution < 1.29 is 9.53 Å². The Hall–Kier alpha value is -0.990. The number of carbonyl (C=O) groups excluding carboxylic acids is 1. The van der Waals surface area contributed by atoms with Gasteiger partial charge in [-0.15, -0.1) is 0 Å². The van der Waals surface area contributed by atoms with Crippen LogP contribution in [-0.4, -0.2) is 30.6 Å². The van der Waals surface area contributed by atoms with Crippen LogP contribution in [-0.2, 0) is 9.53 Å². The zero-order chi connectivity index (χ0) is 11.0. The molecule has 14 heavy (non-hydrogen) atoms. The van der Waals surface area contributed by atoms with Gasteiger partial charge < -0.3 is 9.64 Å². The molecule has 0 heterocycles. The quantitative estimate of drug-likeness (QED) is 0.485. The molecule has 0 aromatic heterocycles. The maximum atomic E-state index is 11.3. The largest absolute Gasteiger partial charge is 0.463 e. The first-order valence-electron chi connectivity index (χ1n) is 5.25. The van der Waals surface area contributed by atoms with Gasteiger partial charge in [0, 0.05) is 24.9 Å². The summed E-state index contributed by atoms with van der Waals surface area (Å²) in [6.07, 6.45) is 2.96. The van der Waals surface area contributed by atoms with Gasteiger partial charge in [-0.2, -0.15) is 0 Å². The number of nitrogens with zero attached hydrogens (tertiary/aromatic N) is 1. The second kappa shape index (κ2) is 7.42. The fourth-order valence-corrected chi connectivity index (χ4v) is 1.17. The topological polar surface area (TPSA) is 29.5 Å². The van der Waals surface area contributed by atoms with Crippen LogP contribution in [0.3, 0.4) is 0 Å². The predicted octanol–water partition coefficient (Wildman–Crippen LogP) is 2.19. The first kappa shape index (κ1) is 13.0. The van der Waals surface area contributed by atoms with E-state index in [1.165, 1.54) is 0 Å². The third-order valence-corrected chi connectivity index (χ3v) is 1.89. The lowest BCUT2D eigenvalue weighted by Crippen LogP contribution is -2.19. The highest BCUT2D eigenvalue weighted by atomic mass is 16.5. The average molecular weight is 199 g/mol. The standard InChI is InChI=1S/C11H21NO2/c1-5-8-12(6-2)9-10(4)11(13)14-7-3/h9H,5-8H2,1-4H3. The molecule has 0 spiro atoms. The van der Waals surface area contributed by atoms with E-state index in [0.29, 0.717) is 12.2 Å². The van der Waals surface area contributed by atoms with E-state index in [1.807, 2.05) is 13.1 Å². The molecule has 3 heteroatoms. The van der Waals surface area contributed by atoms with Crippen molar-refractivity contribution >= 4 is 5.97 Å². The minimum absolute atomic E-state index is 0.220. The van der Waals surface area contributed by atoms with Gasteiger partial charge in [-0.3, -0.25) is 0 Å². The van der Waals surface area contributed by atoms with Crippen molar-refractivity contribution in [3.05, 3.63) is 11.8 Å². The summed E-state index contributed by atoms with van der Waals surface area (Å²) in [5, 5.41) is 0. The number of esters is 1. The lowest BCUT2D eigenvalue weighted by atomic mass is 10.3. The second-order valence-corrected chi connectivity index (χ2v) is 3.16. The zero-order valence-corrected chi connectivity index (χ0v) is 9.67. The highest BCUT2D eigenvalue weighted by molar-refractivity contribution is 5.87. The number of ether oxygens (including phenoxy) is 1. The molecule has 0 amide bonds. The van der Waals surface area contributed by atoms with Crippen LogP contribution < -0.4 is 0 Å². The van der Waals surface area contributed by atoms with Gasteiger partial charge in [0.05, 0.1) is 6.61 Å². The molecule has 0 aromatic carbocycles.